The van der Waals surface area contributed by atoms with Crippen LogP contribution in [0.2, 0.25) is 0 Å². The predicted octanol–water partition coefficient (Wildman–Crippen LogP) is 4.72. The topological polar surface area (TPSA) is 137 Å². The lowest BCUT2D eigenvalue weighted by molar-refractivity contribution is 0.480. The molecule has 0 saturated carbocycles. The third-order valence-electron chi connectivity index (χ3n) is 5.99. The van der Waals surface area contributed by atoms with Crippen molar-refractivity contribution in [3.63, 3.8) is 0 Å². The molecule has 1 aliphatic heterocycles. The minimum atomic E-state index is -3.98. The molecule has 0 fully saturated rings. The molecule has 2 aromatic carbocycles. The number of fused-ring (bicyclic) bond motifs is 1. The quantitative estimate of drug-likeness (QED) is 0.294. The van der Waals surface area contributed by atoms with Gasteiger partial charge in [-0.15, -0.1) is 9.89 Å². The molecular formula is C27H31N7O3S. The van der Waals surface area contributed by atoms with Crippen molar-refractivity contribution in [1.29, 1.82) is 5.26 Å². The van der Waals surface area contributed by atoms with E-state index in [9.17, 15) is 8.42 Å². The highest BCUT2D eigenvalue weighted by Crippen LogP contribution is 2.29. The van der Waals surface area contributed by atoms with Gasteiger partial charge in [-0.05, 0) is 37.1 Å². The minimum absolute atomic E-state index is 0.274. The number of nitrogens with zero attached hydrogens (tertiary/aromatic N) is 7. The van der Waals surface area contributed by atoms with Crippen LogP contribution in [0.25, 0.3) is 11.4 Å². The monoisotopic (exact) mass is 533 g/mol. The summed E-state index contributed by atoms with van der Waals surface area (Å²) in [6.45, 7) is 7.30. The maximum absolute atomic E-state index is 11.0. The Kier molecular flexibility index (Phi) is 8.04. The first kappa shape index (κ1) is 27.2. The second kappa shape index (κ2) is 11.2. The van der Waals surface area contributed by atoms with E-state index in [1.807, 2.05) is 59.5 Å². The van der Waals surface area contributed by atoms with E-state index in [2.05, 4.69) is 31.9 Å². The van der Waals surface area contributed by atoms with Crippen LogP contribution >= 0.6 is 0 Å². The van der Waals surface area contributed by atoms with Crippen molar-refractivity contribution in [2.45, 2.75) is 40.0 Å². The molecule has 10 nitrogen and oxygen atoms in total. The van der Waals surface area contributed by atoms with Gasteiger partial charge in [0.2, 0.25) is 5.82 Å². The lowest BCUT2D eigenvalue weighted by Gasteiger charge is -2.24. The molecule has 0 atom stereocenters. The number of hydrogen-bond donors (Lipinski definition) is 1. The summed E-state index contributed by atoms with van der Waals surface area (Å²) in [5, 5.41) is 18.4. The molecular weight excluding hydrogens is 502 g/mol. The second-order valence-electron chi connectivity index (χ2n) is 10.1. The van der Waals surface area contributed by atoms with E-state index in [1.54, 1.807) is 4.79 Å². The maximum Gasteiger partial charge on any atom is 0.264 e. The molecule has 0 radical (unpaired) electrons. The van der Waals surface area contributed by atoms with Gasteiger partial charge in [0, 0.05) is 29.8 Å². The van der Waals surface area contributed by atoms with E-state index in [4.69, 9.17) is 24.9 Å². The Balaban J connectivity index is 1.59. The molecule has 0 aliphatic carbocycles. The van der Waals surface area contributed by atoms with Gasteiger partial charge in [0.1, 0.15) is 5.71 Å². The number of aliphatic imine (C=N–C) groups is 1. The van der Waals surface area contributed by atoms with E-state index in [-0.39, 0.29) is 11.2 Å². The Labute approximate surface area is 223 Å². The Morgan fingerprint density at radius 3 is 2.39 bits per heavy atom. The molecule has 1 aliphatic rings. The summed E-state index contributed by atoms with van der Waals surface area (Å²) in [5.41, 5.74) is 3.73. The van der Waals surface area contributed by atoms with Gasteiger partial charge in [0.05, 0.1) is 29.6 Å². The summed E-state index contributed by atoms with van der Waals surface area (Å²) in [7, 11) is -3.98. The van der Waals surface area contributed by atoms with Gasteiger partial charge in [-0.25, -0.2) is 9.98 Å². The highest BCUT2D eigenvalue weighted by Gasteiger charge is 2.34. The molecule has 4 rings (SSSR count). The van der Waals surface area contributed by atoms with Crippen LogP contribution in [0.1, 0.15) is 45.9 Å². The zero-order valence-electron chi connectivity index (χ0n) is 21.7. The van der Waals surface area contributed by atoms with Gasteiger partial charge in [0.25, 0.3) is 10.1 Å². The molecule has 3 aromatic rings. The van der Waals surface area contributed by atoms with Crippen molar-refractivity contribution in [3.05, 3.63) is 60.4 Å². The SMILES string of the molecule is CC(C)(C)C1=Nn2nc(-c3ccccc3)nc2/C1=N\c1ccc(N(CCC#N)CCCCS(=O)(=O)O)cc1. The van der Waals surface area contributed by atoms with Crippen LogP contribution in [0.15, 0.2) is 64.7 Å². The molecule has 0 amide bonds. The summed E-state index contributed by atoms with van der Waals surface area (Å²) in [4.78, 5) is 13.2. The average molecular weight is 534 g/mol. The summed E-state index contributed by atoms with van der Waals surface area (Å²) in [6.07, 6.45) is 1.25. The van der Waals surface area contributed by atoms with Crippen LogP contribution in [-0.2, 0) is 10.1 Å². The van der Waals surface area contributed by atoms with Crippen molar-refractivity contribution < 1.29 is 13.0 Å². The molecule has 1 N–H and O–H groups in total. The van der Waals surface area contributed by atoms with Crippen molar-refractivity contribution in [2.75, 3.05) is 23.7 Å². The second-order valence-corrected chi connectivity index (χ2v) is 11.7. The first-order valence-corrected chi connectivity index (χ1v) is 14.0. The lowest BCUT2D eigenvalue weighted by atomic mass is 9.87. The predicted molar refractivity (Wildman–Crippen MR) is 148 cm³/mol. The van der Waals surface area contributed by atoms with Gasteiger partial charge in [0.15, 0.2) is 5.82 Å². The van der Waals surface area contributed by atoms with E-state index in [0.29, 0.717) is 49.7 Å². The third kappa shape index (κ3) is 6.70. The van der Waals surface area contributed by atoms with E-state index in [1.165, 1.54) is 0 Å². The van der Waals surface area contributed by atoms with Gasteiger partial charge < -0.3 is 4.90 Å². The first-order valence-electron chi connectivity index (χ1n) is 12.4. The fourth-order valence-corrected chi connectivity index (χ4v) is 4.67. The summed E-state index contributed by atoms with van der Waals surface area (Å²) >= 11 is 0. The Hall–Kier alpha value is -3.88. The van der Waals surface area contributed by atoms with Gasteiger partial charge in [-0.3, -0.25) is 4.55 Å². The van der Waals surface area contributed by atoms with Crippen LogP contribution in [0.3, 0.4) is 0 Å². The van der Waals surface area contributed by atoms with Crippen LogP contribution in [0.5, 0.6) is 0 Å². The average Bonchev–Trinajstić information content (AvgIpc) is 3.43. The molecule has 0 spiro atoms. The van der Waals surface area contributed by atoms with E-state index >= 15 is 0 Å². The van der Waals surface area contributed by atoms with Crippen molar-refractivity contribution in [1.82, 2.24) is 14.9 Å². The molecule has 2 heterocycles. The van der Waals surface area contributed by atoms with Crippen LogP contribution in [-0.4, -0.2) is 58.1 Å². The number of anilines is 1. The van der Waals surface area contributed by atoms with E-state index < -0.39 is 10.1 Å². The highest BCUT2D eigenvalue weighted by molar-refractivity contribution is 7.85. The molecule has 38 heavy (non-hydrogen) atoms. The molecule has 0 unspecified atom stereocenters. The summed E-state index contributed by atoms with van der Waals surface area (Å²) in [5.74, 6) is 0.902. The fraction of sp³-hybridized carbons (Fsp3) is 0.370. The number of rotatable bonds is 10. The molecule has 11 heteroatoms. The normalized spacial score (nSPS) is 14.3. The molecule has 0 bridgehead atoms. The molecule has 1 aromatic heterocycles. The van der Waals surface area contributed by atoms with Gasteiger partial charge >= 0.3 is 0 Å². The third-order valence-corrected chi connectivity index (χ3v) is 6.80. The van der Waals surface area contributed by atoms with Crippen LogP contribution in [0.4, 0.5) is 11.4 Å². The largest absolute Gasteiger partial charge is 0.371 e. The standard InChI is InChI=1S/C27H31N7O3S/c1-27(2,3)24-23(26-30-25(32-34(26)31-24)20-10-5-4-6-11-20)29-21-12-14-22(15-13-21)33(18-9-16-28)17-7-8-19-38(35,36)37/h4-6,10-15H,7-9,17-19H2,1-3H3,(H,35,36,37)/b29-23-. The number of benzene rings is 2. The Bertz CT molecular complexity index is 1480. The van der Waals surface area contributed by atoms with Crippen LogP contribution < -0.4 is 4.90 Å². The lowest BCUT2D eigenvalue weighted by Crippen LogP contribution is -2.27. The van der Waals surface area contributed by atoms with Crippen molar-refractivity contribution in [3.8, 4) is 17.5 Å². The van der Waals surface area contributed by atoms with Crippen molar-refractivity contribution in [2.24, 2.45) is 15.5 Å². The maximum atomic E-state index is 11.0. The first-order chi connectivity index (χ1) is 18.0. The number of nitriles is 1. The minimum Gasteiger partial charge on any atom is -0.371 e. The zero-order chi connectivity index (χ0) is 27.3. The van der Waals surface area contributed by atoms with Gasteiger partial charge in [-0.1, -0.05) is 51.1 Å². The smallest absolute Gasteiger partial charge is 0.264 e. The summed E-state index contributed by atoms with van der Waals surface area (Å²) < 4.78 is 31.0. The zero-order valence-corrected chi connectivity index (χ0v) is 22.6. The summed E-state index contributed by atoms with van der Waals surface area (Å²) in [6, 6.07) is 19.6. The van der Waals surface area contributed by atoms with E-state index in [0.717, 1.165) is 22.6 Å². The van der Waals surface area contributed by atoms with Gasteiger partial charge in [-0.2, -0.15) is 18.8 Å². The van der Waals surface area contributed by atoms with Crippen molar-refractivity contribution >= 4 is 32.9 Å². The molecule has 198 valence electrons. The number of hydrogen-bond acceptors (Lipinski definition) is 8. The Morgan fingerprint density at radius 1 is 1.05 bits per heavy atom. The highest BCUT2D eigenvalue weighted by atomic mass is 32.2. The Morgan fingerprint density at radius 2 is 1.76 bits per heavy atom. The fourth-order valence-electron chi connectivity index (χ4n) is 4.10. The van der Waals surface area contributed by atoms with Crippen LogP contribution in [0, 0.1) is 16.7 Å². The number of aromatic nitrogens is 3. The number of unbranched alkanes of at least 4 members (excludes halogenated alkanes) is 1. The molecule has 0 saturated heterocycles.